The summed E-state index contributed by atoms with van der Waals surface area (Å²) in [6.45, 7) is 1.41. The summed E-state index contributed by atoms with van der Waals surface area (Å²) in [6, 6.07) is 4.02. The van der Waals surface area contributed by atoms with Gasteiger partial charge in [-0.1, -0.05) is 0 Å². The first-order valence-corrected chi connectivity index (χ1v) is 8.55. The fourth-order valence-corrected chi connectivity index (χ4v) is 3.19. The Morgan fingerprint density at radius 2 is 2.12 bits per heavy atom. The summed E-state index contributed by atoms with van der Waals surface area (Å²) in [5.74, 6) is -0.884. The molecule has 0 aromatic heterocycles. The number of likely N-dealkylation sites (tertiary alicyclic amines) is 1. The van der Waals surface area contributed by atoms with Crippen molar-refractivity contribution in [3.63, 3.8) is 0 Å². The molecular formula is C16H22BrClFN3O2. The molecule has 24 heavy (non-hydrogen) atoms. The predicted octanol–water partition coefficient (Wildman–Crippen LogP) is 2.47. The van der Waals surface area contributed by atoms with E-state index >= 15 is 0 Å². The monoisotopic (exact) mass is 421 g/mol. The van der Waals surface area contributed by atoms with E-state index in [0.717, 1.165) is 31.9 Å². The number of hydrogen-bond donors (Lipinski definition) is 2. The Morgan fingerprint density at radius 3 is 2.83 bits per heavy atom. The van der Waals surface area contributed by atoms with Gasteiger partial charge in [0.05, 0.1) is 5.56 Å². The minimum absolute atomic E-state index is 0. The Balaban J connectivity index is 0.00000288. The first kappa shape index (κ1) is 20.9. The average molecular weight is 423 g/mol. The molecule has 1 aromatic rings. The summed E-state index contributed by atoms with van der Waals surface area (Å²) in [7, 11) is 0. The van der Waals surface area contributed by atoms with Crippen molar-refractivity contribution in [3.8, 4) is 0 Å². The molecule has 1 atom stereocenters. The second-order valence-electron chi connectivity index (χ2n) is 5.60. The lowest BCUT2D eigenvalue weighted by atomic mass is 10.0. The molecule has 0 bridgehead atoms. The zero-order valence-corrected chi connectivity index (χ0v) is 15.7. The number of nitrogens with one attached hydrogen (secondary N) is 1. The third-order valence-electron chi connectivity index (χ3n) is 4.02. The van der Waals surface area contributed by atoms with Crippen LogP contribution in [0.4, 0.5) is 4.39 Å². The van der Waals surface area contributed by atoms with Gasteiger partial charge in [-0.3, -0.25) is 9.59 Å². The topological polar surface area (TPSA) is 75.4 Å². The second kappa shape index (κ2) is 9.96. The molecule has 1 unspecified atom stereocenters. The van der Waals surface area contributed by atoms with E-state index in [-0.39, 0.29) is 42.9 Å². The lowest BCUT2D eigenvalue weighted by Gasteiger charge is -2.35. The first-order valence-electron chi connectivity index (χ1n) is 7.75. The van der Waals surface area contributed by atoms with Crippen LogP contribution in [0.1, 0.15) is 36.0 Å². The Morgan fingerprint density at radius 1 is 1.38 bits per heavy atom. The average Bonchev–Trinajstić information content (AvgIpc) is 2.56. The van der Waals surface area contributed by atoms with E-state index in [1.54, 1.807) is 0 Å². The first-order chi connectivity index (χ1) is 11.0. The van der Waals surface area contributed by atoms with Gasteiger partial charge in [-0.2, -0.15) is 0 Å². The molecule has 0 saturated carbocycles. The summed E-state index contributed by atoms with van der Waals surface area (Å²) in [6.07, 6.45) is 3.24. The number of halogens is 3. The van der Waals surface area contributed by atoms with Gasteiger partial charge < -0.3 is 16.0 Å². The molecule has 5 nitrogen and oxygen atoms in total. The molecule has 1 heterocycles. The van der Waals surface area contributed by atoms with Crippen molar-refractivity contribution in [3.05, 3.63) is 34.1 Å². The van der Waals surface area contributed by atoms with Crippen molar-refractivity contribution in [2.24, 2.45) is 5.73 Å². The lowest BCUT2D eigenvalue weighted by molar-refractivity contribution is -0.134. The van der Waals surface area contributed by atoms with E-state index in [0.29, 0.717) is 11.0 Å². The fourth-order valence-electron chi connectivity index (χ4n) is 2.77. The van der Waals surface area contributed by atoms with Gasteiger partial charge in [0.2, 0.25) is 5.91 Å². The number of piperidine rings is 1. The fraction of sp³-hybridized carbons (Fsp3) is 0.500. The van der Waals surface area contributed by atoms with Gasteiger partial charge in [-0.05, 0) is 53.4 Å². The van der Waals surface area contributed by atoms with E-state index in [2.05, 4.69) is 21.2 Å². The Kier molecular flexibility index (Phi) is 8.66. The minimum atomic E-state index is -0.478. The van der Waals surface area contributed by atoms with Crippen molar-refractivity contribution in [1.82, 2.24) is 10.2 Å². The van der Waals surface area contributed by atoms with Crippen LogP contribution < -0.4 is 11.1 Å². The van der Waals surface area contributed by atoms with Crippen LogP contribution in [-0.2, 0) is 4.79 Å². The van der Waals surface area contributed by atoms with Crippen molar-refractivity contribution in [2.45, 2.75) is 31.7 Å². The number of nitrogens with two attached hydrogens (primary N) is 1. The van der Waals surface area contributed by atoms with Gasteiger partial charge in [0.15, 0.2) is 0 Å². The summed E-state index contributed by atoms with van der Waals surface area (Å²) in [4.78, 5) is 26.1. The van der Waals surface area contributed by atoms with Crippen LogP contribution in [0.5, 0.6) is 0 Å². The summed E-state index contributed by atoms with van der Waals surface area (Å²) < 4.78 is 13.7. The third-order valence-corrected chi connectivity index (χ3v) is 4.71. The zero-order valence-electron chi connectivity index (χ0n) is 13.3. The van der Waals surface area contributed by atoms with Gasteiger partial charge in [-0.25, -0.2) is 4.39 Å². The summed E-state index contributed by atoms with van der Waals surface area (Å²) in [5, 5.41) is 2.66. The third kappa shape index (κ3) is 5.43. The van der Waals surface area contributed by atoms with Crippen molar-refractivity contribution >= 4 is 40.2 Å². The van der Waals surface area contributed by atoms with Gasteiger partial charge in [0, 0.05) is 36.6 Å². The second-order valence-corrected chi connectivity index (χ2v) is 6.46. The van der Waals surface area contributed by atoms with Crippen LogP contribution in [-0.4, -0.2) is 42.4 Å². The SMILES string of the molecule is Cl.NCC1CCCCN1C(=O)CCNC(=O)c1cc(F)ccc1Br. The van der Waals surface area contributed by atoms with E-state index in [9.17, 15) is 14.0 Å². The highest BCUT2D eigenvalue weighted by Crippen LogP contribution is 2.18. The van der Waals surface area contributed by atoms with Crippen LogP contribution in [0.15, 0.2) is 22.7 Å². The van der Waals surface area contributed by atoms with E-state index in [4.69, 9.17) is 5.73 Å². The number of hydrogen-bond acceptors (Lipinski definition) is 3. The maximum absolute atomic E-state index is 13.2. The van der Waals surface area contributed by atoms with Crippen molar-refractivity contribution < 1.29 is 14.0 Å². The number of carbonyl (C=O) groups is 2. The molecule has 0 radical (unpaired) electrons. The van der Waals surface area contributed by atoms with E-state index < -0.39 is 11.7 Å². The Hall–Kier alpha value is -1.18. The molecule has 1 aromatic carbocycles. The van der Waals surface area contributed by atoms with E-state index in [1.165, 1.54) is 12.1 Å². The van der Waals surface area contributed by atoms with Gasteiger partial charge >= 0.3 is 0 Å². The minimum Gasteiger partial charge on any atom is -0.351 e. The number of amides is 2. The number of rotatable bonds is 5. The van der Waals surface area contributed by atoms with Crippen LogP contribution in [0.25, 0.3) is 0 Å². The number of benzene rings is 1. The maximum Gasteiger partial charge on any atom is 0.252 e. The highest BCUT2D eigenvalue weighted by atomic mass is 79.9. The molecule has 3 N–H and O–H groups in total. The number of carbonyl (C=O) groups excluding carboxylic acids is 2. The molecule has 0 spiro atoms. The molecule has 1 aliphatic heterocycles. The van der Waals surface area contributed by atoms with Crippen LogP contribution >= 0.6 is 28.3 Å². The zero-order chi connectivity index (χ0) is 16.8. The smallest absolute Gasteiger partial charge is 0.252 e. The molecule has 1 saturated heterocycles. The van der Waals surface area contributed by atoms with Crippen LogP contribution in [0.3, 0.4) is 0 Å². The van der Waals surface area contributed by atoms with Gasteiger partial charge in [-0.15, -0.1) is 12.4 Å². The standard InChI is InChI=1S/C16H21BrFN3O2.ClH/c17-14-5-4-11(18)9-13(14)16(23)20-7-6-15(22)21-8-2-1-3-12(21)10-19;/h4-5,9,12H,1-3,6-8,10,19H2,(H,20,23);1H. The number of nitrogens with zero attached hydrogens (tertiary/aromatic N) is 1. The molecule has 1 fully saturated rings. The largest absolute Gasteiger partial charge is 0.351 e. The lowest BCUT2D eigenvalue weighted by Crippen LogP contribution is -2.48. The Labute approximate surface area is 155 Å². The highest BCUT2D eigenvalue weighted by Gasteiger charge is 2.25. The van der Waals surface area contributed by atoms with E-state index in [1.807, 2.05) is 4.90 Å². The van der Waals surface area contributed by atoms with Gasteiger partial charge in [0.25, 0.3) is 5.91 Å². The Bertz CT molecular complexity index is 588. The molecule has 1 aliphatic rings. The van der Waals surface area contributed by atoms with Crippen LogP contribution in [0.2, 0.25) is 0 Å². The maximum atomic E-state index is 13.2. The highest BCUT2D eigenvalue weighted by molar-refractivity contribution is 9.10. The molecule has 134 valence electrons. The molecule has 2 rings (SSSR count). The summed E-state index contributed by atoms with van der Waals surface area (Å²) >= 11 is 3.22. The molecule has 8 heteroatoms. The quantitative estimate of drug-likeness (QED) is 0.765. The van der Waals surface area contributed by atoms with Crippen LogP contribution in [0, 0.1) is 5.82 Å². The molecule has 0 aliphatic carbocycles. The predicted molar refractivity (Wildman–Crippen MR) is 96.7 cm³/mol. The van der Waals surface area contributed by atoms with Crippen molar-refractivity contribution in [1.29, 1.82) is 0 Å². The molecular weight excluding hydrogens is 401 g/mol. The summed E-state index contributed by atoms with van der Waals surface area (Å²) in [5.41, 5.74) is 5.93. The normalized spacial score (nSPS) is 17.1. The molecule has 2 amide bonds. The van der Waals surface area contributed by atoms with Crippen molar-refractivity contribution in [2.75, 3.05) is 19.6 Å². The van der Waals surface area contributed by atoms with Gasteiger partial charge in [0.1, 0.15) is 5.82 Å².